The average Bonchev–Trinajstić information content (AvgIpc) is 3.33. The summed E-state index contributed by atoms with van der Waals surface area (Å²) in [5.74, 6) is 1.82. The molecule has 2 heterocycles. The normalized spacial score (nSPS) is 20.5. The van der Waals surface area contributed by atoms with Gasteiger partial charge in [-0.05, 0) is 49.1 Å². The van der Waals surface area contributed by atoms with E-state index in [1.807, 2.05) is 31.7 Å². The molecule has 0 aliphatic heterocycles. The number of hydrogen-bond donors (Lipinski definition) is 1. The zero-order chi connectivity index (χ0) is 16.9. The first-order valence-corrected chi connectivity index (χ1v) is 8.71. The van der Waals surface area contributed by atoms with E-state index in [0.717, 1.165) is 29.9 Å². The molecule has 0 radical (unpaired) electrons. The van der Waals surface area contributed by atoms with Crippen molar-refractivity contribution in [2.75, 3.05) is 11.9 Å². The summed E-state index contributed by atoms with van der Waals surface area (Å²) in [5, 5.41) is 3.43. The van der Waals surface area contributed by atoms with Crippen LogP contribution >= 0.6 is 0 Å². The molecule has 6 heteroatoms. The molecular weight excluding hydrogens is 302 g/mol. The molecule has 128 valence electrons. The van der Waals surface area contributed by atoms with Gasteiger partial charge in [-0.2, -0.15) is 0 Å². The highest BCUT2D eigenvalue weighted by molar-refractivity contribution is 5.30. The number of aromatic nitrogens is 4. The van der Waals surface area contributed by atoms with E-state index in [1.165, 1.54) is 6.42 Å². The highest BCUT2D eigenvalue weighted by Gasteiger charge is 2.38. The SMILES string of the molecule is CCOc1ncc(C(C)CC2CC2Nc2ncc(CC)cn2)cn1. The summed E-state index contributed by atoms with van der Waals surface area (Å²) in [6.45, 7) is 6.85. The van der Waals surface area contributed by atoms with Crippen molar-refractivity contribution in [1.82, 2.24) is 19.9 Å². The quantitative estimate of drug-likeness (QED) is 0.802. The minimum absolute atomic E-state index is 0.431. The minimum atomic E-state index is 0.431. The molecule has 2 aromatic rings. The van der Waals surface area contributed by atoms with Crippen molar-refractivity contribution in [2.24, 2.45) is 5.92 Å². The van der Waals surface area contributed by atoms with E-state index >= 15 is 0 Å². The molecule has 2 aromatic heterocycles. The third-order valence-corrected chi connectivity index (χ3v) is 4.50. The Kier molecular flexibility index (Phi) is 5.23. The zero-order valence-corrected chi connectivity index (χ0v) is 14.6. The summed E-state index contributed by atoms with van der Waals surface area (Å²) in [5.41, 5.74) is 2.32. The van der Waals surface area contributed by atoms with Crippen molar-refractivity contribution in [3.63, 3.8) is 0 Å². The van der Waals surface area contributed by atoms with Crippen molar-refractivity contribution in [3.05, 3.63) is 35.9 Å². The average molecular weight is 327 g/mol. The molecule has 24 heavy (non-hydrogen) atoms. The lowest BCUT2D eigenvalue weighted by Gasteiger charge is -2.11. The lowest BCUT2D eigenvalue weighted by atomic mass is 9.98. The molecule has 0 saturated heterocycles. The molecule has 0 amide bonds. The first kappa shape index (κ1) is 16.6. The van der Waals surface area contributed by atoms with Gasteiger partial charge in [0.05, 0.1) is 6.61 Å². The Morgan fingerprint density at radius 2 is 1.83 bits per heavy atom. The molecule has 0 aromatic carbocycles. The third-order valence-electron chi connectivity index (χ3n) is 4.50. The van der Waals surface area contributed by atoms with Crippen molar-refractivity contribution in [2.45, 2.75) is 52.0 Å². The summed E-state index contributed by atoms with van der Waals surface area (Å²) in [6.07, 6.45) is 10.8. The number of nitrogens with zero attached hydrogens (tertiary/aromatic N) is 4. The fourth-order valence-corrected chi connectivity index (χ4v) is 2.84. The number of nitrogens with one attached hydrogen (secondary N) is 1. The molecule has 1 aliphatic carbocycles. The molecule has 3 atom stereocenters. The summed E-state index contributed by atoms with van der Waals surface area (Å²) in [4.78, 5) is 17.2. The second-order valence-electron chi connectivity index (χ2n) is 6.38. The number of hydrogen-bond acceptors (Lipinski definition) is 6. The van der Waals surface area contributed by atoms with Gasteiger partial charge in [0.1, 0.15) is 0 Å². The Balaban J connectivity index is 1.48. The van der Waals surface area contributed by atoms with Gasteiger partial charge in [0.25, 0.3) is 0 Å². The van der Waals surface area contributed by atoms with Gasteiger partial charge in [0, 0.05) is 30.8 Å². The minimum Gasteiger partial charge on any atom is -0.464 e. The van der Waals surface area contributed by atoms with Crippen LogP contribution in [0.15, 0.2) is 24.8 Å². The first-order valence-electron chi connectivity index (χ1n) is 8.71. The maximum Gasteiger partial charge on any atom is 0.316 e. The summed E-state index contributed by atoms with van der Waals surface area (Å²) in [6, 6.07) is 0.927. The van der Waals surface area contributed by atoms with Gasteiger partial charge in [-0.1, -0.05) is 13.8 Å². The molecule has 3 unspecified atom stereocenters. The van der Waals surface area contributed by atoms with E-state index in [1.54, 1.807) is 0 Å². The second-order valence-corrected chi connectivity index (χ2v) is 6.38. The fourth-order valence-electron chi connectivity index (χ4n) is 2.84. The zero-order valence-electron chi connectivity index (χ0n) is 14.6. The van der Waals surface area contributed by atoms with Crippen LogP contribution in [-0.4, -0.2) is 32.6 Å². The lowest BCUT2D eigenvalue weighted by Crippen LogP contribution is -2.09. The monoisotopic (exact) mass is 327 g/mol. The molecule has 1 aliphatic rings. The van der Waals surface area contributed by atoms with E-state index < -0.39 is 0 Å². The van der Waals surface area contributed by atoms with Crippen molar-refractivity contribution in [3.8, 4) is 6.01 Å². The van der Waals surface area contributed by atoms with Crippen LogP contribution in [0.1, 0.15) is 50.7 Å². The number of aryl methyl sites for hydroxylation is 1. The molecular formula is C18H25N5O. The molecule has 0 bridgehead atoms. The molecule has 3 rings (SSSR count). The van der Waals surface area contributed by atoms with Crippen LogP contribution in [0, 0.1) is 5.92 Å². The van der Waals surface area contributed by atoms with Crippen molar-refractivity contribution >= 4 is 5.95 Å². The van der Waals surface area contributed by atoms with Crippen LogP contribution in [0.2, 0.25) is 0 Å². The predicted octanol–water partition coefficient (Wildman–Crippen LogP) is 3.22. The van der Waals surface area contributed by atoms with Crippen LogP contribution in [0.25, 0.3) is 0 Å². The number of rotatable bonds is 8. The van der Waals surface area contributed by atoms with Crippen LogP contribution in [0.3, 0.4) is 0 Å². The maximum atomic E-state index is 5.29. The Morgan fingerprint density at radius 3 is 2.46 bits per heavy atom. The van der Waals surface area contributed by atoms with Crippen LogP contribution in [0.5, 0.6) is 6.01 Å². The van der Waals surface area contributed by atoms with Crippen LogP contribution in [0.4, 0.5) is 5.95 Å². The largest absolute Gasteiger partial charge is 0.464 e. The van der Waals surface area contributed by atoms with Crippen LogP contribution < -0.4 is 10.1 Å². The van der Waals surface area contributed by atoms with Gasteiger partial charge in [-0.15, -0.1) is 0 Å². The van der Waals surface area contributed by atoms with Gasteiger partial charge in [0.2, 0.25) is 5.95 Å². The molecule has 0 spiro atoms. The third kappa shape index (κ3) is 4.19. The number of anilines is 1. The standard InChI is InChI=1S/C18H25N5O/c1-4-13-8-19-17(20-9-13)23-16-7-14(16)6-12(3)15-10-21-18(22-11-15)24-5-2/h8-12,14,16H,4-7H2,1-3H3,(H,19,20,23). The van der Waals surface area contributed by atoms with Gasteiger partial charge in [-0.3, -0.25) is 0 Å². The summed E-state index contributed by atoms with van der Waals surface area (Å²) in [7, 11) is 0. The Hall–Kier alpha value is -2.24. The van der Waals surface area contributed by atoms with E-state index in [9.17, 15) is 0 Å². The Morgan fingerprint density at radius 1 is 1.12 bits per heavy atom. The van der Waals surface area contributed by atoms with Gasteiger partial charge >= 0.3 is 6.01 Å². The second kappa shape index (κ2) is 7.55. The van der Waals surface area contributed by atoms with Crippen LogP contribution in [-0.2, 0) is 6.42 Å². The topological polar surface area (TPSA) is 72.8 Å². The fraction of sp³-hybridized carbons (Fsp3) is 0.556. The van der Waals surface area contributed by atoms with Gasteiger partial charge in [-0.25, -0.2) is 19.9 Å². The first-order chi connectivity index (χ1) is 11.7. The van der Waals surface area contributed by atoms with E-state index in [0.29, 0.717) is 30.5 Å². The van der Waals surface area contributed by atoms with Gasteiger partial charge < -0.3 is 10.1 Å². The smallest absolute Gasteiger partial charge is 0.316 e. The Labute approximate surface area is 143 Å². The lowest BCUT2D eigenvalue weighted by molar-refractivity contribution is 0.312. The van der Waals surface area contributed by atoms with E-state index in [4.69, 9.17) is 4.74 Å². The Bertz CT molecular complexity index is 643. The highest BCUT2D eigenvalue weighted by atomic mass is 16.5. The molecule has 1 N–H and O–H groups in total. The highest BCUT2D eigenvalue weighted by Crippen LogP contribution is 2.40. The predicted molar refractivity (Wildman–Crippen MR) is 93.2 cm³/mol. The van der Waals surface area contributed by atoms with Crippen molar-refractivity contribution in [1.29, 1.82) is 0 Å². The molecule has 1 fully saturated rings. The maximum absolute atomic E-state index is 5.29. The number of ether oxygens (including phenoxy) is 1. The summed E-state index contributed by atoms with van der Waals surface area (Å²) < 4.78 is 5.29. The molecule has 6 nitrogen and oxygen atoms in total. The van der Waals surface area contributed by atoms with E-state index in [-0.39, 0.29) is 0 Å². The molecule has 1 saturated carbocycles. The van der Waals surface area contributed by atoms with Crippen molar-refractivity contribution < 1.29 is 4.74 Å². The van der Waals surface area contributed by atoms with E-state index in [2.05, 4.69) is 39.1 Å². The van der Waals surface area contributed by atoms with Gasteiger partial charge in [0.15, 0.2) is 0 Å². The summed E-state index contributed by atoms with van der Waals surface area (Å²) >= 11 is 0.